The standard InChI is InChI=1S/C82H88BN3O/c1-76(2,3)53-30-38-66(60(44-53)51-26-20-18-21-27-51)84-69-50-58(86-68-40-32-56(79(10,11)12)47-63(68)81(16)42-24-25-43-82(81,86)17)34-36-64(69)83-65-37-35-59-62-46-55(78(7,8)9)33-41-72(62)87-75(59)74(65)85(71-49-57(80(13,14)15)48-70(84)73(71)83)67-39-31-54(77(4,5)6)45-61(67)52-28-22-19-23-29-52/h18-23,26-41,44-50H,24-25,42-43H2,1-17H3. The van der Waals surface area contributed by atoms with Gasteiger partial charge in [-0.05, 0) is 174 Å². The molecule has 5 heteroatoms. The van der Waals surface area contributed by atoms with Gasteiger partial charge in [-0.25, -0.2) is 0 Å². The molecule has 0 N–H and O–H groups in total. The van der Waals surface area contributed by atoms with Crippen molar-refractivity contribution in [3.05, 3.63) is 209 Å². The Kier molecular flexibility index (Phi) is 12.7. The van der Waals surface area contributed by atoms with Crippen LogP contribution in [0.15, 0.2) is 180 Å². The van der Waals surface area contributed by atoms with Gasteiger partial charge >= 0.3 is 0 Å². The van der Waals surface area contributed by atoms with Crippen molar-refractivity contribution in [3.63, 3.8) is 0 Å². The van der Waals surface area contributed by atoms with Crippen LogP contribution in [0.5, 0.6) is 0 Å². The van der Waals surface area contributed by atoms with Gasteiger partial charge in [0.05, 0.1) is 22.6 Å². The Labute approximate surface area is 519 Å². The lowest BCUT2D eigenvalue weighted by molar-refractivity contribution is 0.195. The first-order valence-corrected chi connectivity index (χ1v) is 32.3. The topological polar surface area (TPSA) is 22.9 Å². The molecule has 440 valence electrons. The highest BCUT2D eigenvalue weighted by molar-refractivity contribution is 7.00. The minimum Gasteiger partial charge on any atom is -0.454 e. The molecule has 87 heavy (non-hydrogen) atoms. The van der Waals surface area contributed by atoms with E-state index in [2.05, 4.69) is 308 Å². The number of benzene rings is 9. The zero-order valence-electron chi connectivity index (χ0n) is 54.9. The second kappa shape index (κ2) is 19.4. The smallest absolute Gasteiger partial charge is 0.252 e. The molecule has 0 radical (unpaired) electrons. The lowest BCUT2D eigenvalue weighted by atomic mass is 9.33. The van der Waals surface area contributed by atoms with E-state index in [0.29, 0.717) is 0 Å². The molecule has 4 nitrogen and oxygen atoms in total. The molecule has 0 saturated heterocycles. The van der Waals surface area contributed by atoms with Crippen molar-refractivity contribution >= 4 is 90.5 Å². The van der Waals surface area contributed by atoms with Crippen LogP contribution in [0.3, 0.4) is 0 Å². The Morgan fingerprint density at radius 1 is 0.402 bits per heavy atom. The van der Waals surface area contributed by atoms with Crippen molar-refractivity contribution in [2.75, 3.05) is 14.7 Å². The first-order chi connectivity index (χ1) is 41.0. The summed E-state index contributed by atoms with van der Waals surface area (Å²) in [5, 5.41) is 2.28. The fourth-order valence-electron chi connectivity index (χ4n) is 15.5. The molecule has 2 atom stereocenters. The summed E-state index contributed by atoms with van der Waals surface area (Å²) in [4.78, 5) is 8.14. The van der Waals surface area contributed by atoms with Crippen LogP contribution in [0.1, 0.15) is 177 Å². The third-order valence-electron chi connectivity index (χ3n) is 21.0. The Morgan fingerprint density at radius 2 is 0.897 bits per heavy atom. The normalized spacial score (nSPS) is 18.4. The van der Waals surface area contributed by atoms with Crippen LogP contribution in [-0.4, -0.2) is 12.3 Å². The zero-order valence-corrected chi connectivity index (χ0v) is 54.9. The highest BCUT2D eigenvalue weighted by Crippen LogP contribution is 2.62. The van der Waals surface area contributed by atoms with E-state index in [1.165, 1.54) is 119 Å². The van der Waals surface area contributed by atoms with Gasteiger partial charge in [0.1, 0.15) is 5.58 Å². The number of hydrogen-bond acceptors (Lipinski definition) is 4. The predicted molar refractivity (Wildman–Crippen MR) is 375 cm³/mol. The average Bonchev–Trinajstić information content (AvgIpc) is 1.69. The van der Waals surface area contributed by atoms with E-state index in [9.17, 15) is 0 Å². The first-order valence-electron chi connectivity index (χ1n) is 32.3. The Morgan fingerprint density at radius 3 is 1.47 bits per heavy atom. The molecular weight excluding hydrogens is 1050 g/mol. The molecule has 14 rings (SSSR count). The fraction of sp³-hybridized carbons (Fsp3) is 0.341. The molecule has 4 heterocycles. The van der Waals surface area contributed by atoms with Crippen molar-refractivity contribution < 1.29 is 4.42 Å². The highest BCUT2D eigenvalue weighted by atomic mass is 16.3. The monoisotopic (exact) mass is 1140 g/mol. The third-order valence-corrected chi connectivity index (χ3v) is 21.0. The number of hydrogen-bond donors (Lipinski definition) is 0. The van der Waals surface area contributed by atoms with Crippen LogP contribution in [0.2, 0.25) is 0 Å². The van der Waals surface area contributed by atoms with E-state index in [0.717, 1.165) is 46.2 Å². The molecule has 0 spiro atoms. The third kappa shape index (κ3) is 8.89. The second-order valence-corrected chi connectivity index (χ2v) is 31.8. The van der Waals surface area contributed by atoms with Gasteiger partial charge < -0.3 is 19.1 Å². The van der Waals surface area contributed by atoms with Crippen molar-refractivity contribution in [1.29, 1.82) is 0 Å². The lowest BCUT2D eigenvalue weighted by Crippen LogP contribution is -2.61. The largest absolute Gasteiger partial charge is 0.454 e. The van der Waals surface area contributed by atoms with E-state index in [4.69, 9.17) is 4.42 Å². The van der Waals surface area contributed by atoms with Crippen LogP contribution in [-0.2, 0) is 32.5 Å². The van der Waals surface area contributed by atoms with Crippen LogP contribution >= 0.6 is 0 Å². The van der Waals surface area contributed by atoms with Gasteiger partial charge in [0, 0.05) is 55.8 Å². The van der Waals surface area contributed by atoms with Crippen molar-refractivity contribution in [2.24, 2.45) is 0 Å². The first kappa shape index (κ1) is 57.0. The molecule has 0 bridgehead atoms. The van der Waals surface area contributed by atoms with E-state index in [1.54, 1.807) is 0 Å². The number of rotatable bonds is 5. The fourth-order valence-corrected chi connectivity index (χ4v) is 15.5. The Bertz CT molecular complexity index is 4420. The van der Waals surface area contributed by atoms with Gasteiger partial charge in [-0.2, -0.15) is 0 Å². The van der Waals surface area contributed by atoms with Crippen molar-refractivity contribution in [3.8, 4) is 22.3 Å². The number of furan rings is 1. The van der Waals surface area contributed by atoms with Gasteiger partial charge in [0.25, 0.3) is 6.71 Å². The van der Waals surface area contributed by atoms with E-state index in [1.807, 2.05) is 0 Å². The summed E-state index contributed by atoms with van der Waals surface area (Å²) in [6.45, 7) is 40.2. The Balaban J connectivity index is 1.13. The molecule has 0 amide bonds. The number of anilines is 8. The van der Waals surface area contributed by atoms with Gasteiger partial charge in [-0.15, -0.1) is 0 Å². The molecule has 10 aromatic rings. The van der Waals surface area contributed by atoms with Crippen molar-refractivity contribution in [1.82, 2.24) is 0 Å². The zero-order chi connectivity index (χ0) is 61.3. The molecule has 1 aromatic heterocycles. The number of fused-ring (bicyclic) bond motifs is 11. The summed E-state index contributed by atoms with van der Waals surface area (Å²) in [7, 11) is 0. The van der Waals surface area contributed by atoms with Crippen LogP contribution in [0.4, 0.5) is 45.5 Å². The summed E-state index contributed by atoms with van der Waals surface area (Å²) in [6.07, 6.45) is 4.73. The van der Waals surface area contributed by atoms with E-state index >= 15 is 0 Å². The van der Waals surface area contributed by atoms with Crippen LogP contribution < -0.4 is 31.1 Å². The lowest BCUT2D eigenvalue weighted by Gasteiger charge is -2.51. The summed E-state index contributed by atoms with van der Waals surface area (Å²) < 4.78 is 7.49. The highest BCUT2D eigenvalue weighted by Gasteiger charge is 2.58. The molecule has 1 aliphatic carbocycles. The van der Waals surface area contributed by atoms with Gasteiger partial charge in [0.15, 0.2) is 5.58 Å². The molecule has 3 aliphatic heterocycles. The molecule has 1 fully saturated rings. The molecule has 2 unspecified atom stereocenters. The van der Waals surface area contributed by atoms with Gasteiger partial charge in [-0.3, -0.25) is 0 Å². The van der Waals surface area contributed by atoms with E-state index in [-0.39, 0.29) is 44.7 Å². The van der Waals surface area contributed by atoms with Gasteiger partial charge in [0.2, 0.25) is 0 Å². The quantitative estimate of drug-likeness (QED) is 0.160. The second-order valence-electron chi connectivity index (χ2n) is 31.8. The number of nitrogens with zero attached hydrogens (tertiary/aromatic N) is 3. The average molecular weight is 1140 g/mol. The maximum Gasteiger partial charge on any atom is 0.252 e. The van der Waals surface area contributed by atoms with Crippen molar-refractivity contribution in [2.45, 2.75) is 181 Å². The SMILES string of the molecule is CC(C)(C)c1ccc(N2c3cc(N4c5ccc(C(C)(C)C)cc5C5(C)CCCCC45C)ccc3B3c4ccc5c(oc6ccc(C(C)(C)C)cc65)c4N(c4ccc(C(C)(C)C)cc4-c4ccccc4)c4cc(C(C)(C)C)cc2c43)c(-c2ccccc2)c1. The van der Waals surface area contributed by atoms with E-state index < -0.39 is 0 Å². The van der Waals surface area contributed by atoms with Gasteiger partial charge in [-0.1, -0.05) is 233 Å². The van der Waals surface area contributed by atoms with Crippen LogP contribution in [0, 0.1) is 0 Å². The molecule has 9 aromatic carbocycles. The summed E-state index contributed by atoms with van der Waals surface area (Å²) >= 11 is 0. The predicted octanol–water partition coefficient (Wildman–Crippen LogP) is 21.2. The molecule has 4 aliphatic rings. The minimum absolute atomic E-state index is 0.0293. The Hall–Kier alpha value is -7.76. The summed E-state index contributed by atoms with van der Waals surface area (Å²) in [6, 6.07) is 68.9. The maximum absolute atomic E-state index is 7.49. The molecule has 1 saturated carbocycles. The maximum atomic E-state index is 7.49. The summed E-state index contributed by atoms with van der Waals surface area (Å²) in [5.74, 6) is 0. The molecular formula is C82H88BN3O. The van der Waals surface area contributed by atoms with Crippen LogP contribution in [0.25, 0.3) is 44.2 Å². The minimum atomic E-state index is -0.239. The summed E-state index contributed by atoms with van der Waals surface area (Å²) in [5.41, 5.74) is 27.5.